The Hall–Kier alpha value is -3.15. The van der Waals surface area contributed by atoms with Gasteiger partial charge in [-0.05, 0) is 18.8 Å². The Morgan fingerprint density at radius 2 is 1.85 bits per heavy atom. The molecule has 0 saturated heterocycles. The van der Waals surface area contributed by atoms with Gasteiger partial charge >= 0.3 is 11.7 Å². The number of aromatic amines is 1. The molecule has 2 amide bonds. The summed E-state index contributed by atoms with van der Waals surface area (Å²) in [6.07, 6.45) is 3.26. The zero-order valence-electron chi connectivity index (χ0n) is 20.3. The van der Waals surface area contributed by atoms with Gasteiger partial charge in [-0.1, -0.05) is 33.1 Å². The molecular formula is C22H35N5O7. The molecule has 0 radical (unpaired) electrons. The fourth-order valence-corrected chi connectivity index (χ4v) is 4.14. The zero-order chi connectivity index (χ0) is 25.5. The number of hydrogen-bond acceptors (Lipinski definition) is 8. The minimum atomic E-state index is -1.18. The van der Waals surface area contributed by atoms with Gasteiger partial charge in [0.05, 0.1) is 6.61 Å². The maximum Gasteiger partial charge on any atom is 0.332 e. The Morgan fingerprint density at radius 3 is 2.41 bits per heavy atom. The van der Waals surface area contributed by atoms with Crippen LogP contribution in [0, 0.1) is 5.92 Å². The van der Waals surface area contributed by atoms with Crippen LogP contribution in [-0.2, 0) is 30.4 Å². The summed E-state index contributed by atoms with van der Waals surface area (Å²) in [6, 6.07) is 0. The van der Waals surface area contributed by atoms with Gasteiger partial charge in [0, 0.05) is 27.1 Å². The molecule has 4 N–H and O–H groups in total. The Bertz CT molecular complexity index is 1010. The first-order valence-electron chi connectivity index (χ1n) is 11.4. The number of rotatable bonds is 10. The van der Waals surface area contributed by atoms with E-state index in [2.05, 4.69) is 10.3 Å². The summed E-state index contributed by atoms with van der Waals surface area (Å²) in [5.41, 5.74) is 3.24. The van der Waals surface area contributed by atoms with Gasteiger partial charge in [-0.25, -0.2) is 9.59 Å². The fraction of sp³-hybridized carbons (Fsp3) is 0.682. The van der Waals surface area contributed by atoms with Crippen LogP contribution in [0.25, 0.3) is 0 Å². The van der Waals surface area contributed by atoms with Crippen molar-refractivity contribution in [3.8, 4) is 0 Å². The number of anilines is 2. The van der Waals surface area contributed by atoms with Gasteiger partial charge in [-0.3, -0.25) is 28.8 Å². The van der Waals surface area contributed by atoms with Crippen molar-refractivity contribution < 1.29 is 23.9 Å². The standard InChI is InChI=1S/C22H35N5O7/c1-14(2)12-27-18(23)17(19(30)24-21(27)32)26(10-11-33-4)16(29)13-34-20(31)22(25-15(3)28)8-6-5-7-9-22/h14H,5-13,23H2,1-4H3,(H,25,28)(H,24,30,32). The molecule has 1 aliphatic carbocycles. The molecule has 0 aliphatic heterocycles. The third kappa shape index (κ3) is 6.46. The molecule has 0 unspecified atom stereocenters. The average molecular weight is 482 g/mol. The van der Waals surface area contributed by atoms with E-state index in [4.69, 9.17) is 15.2 Å². The van der Waals surface area contributed by atoms with Crippen LogP contribution < -0.4 is 27.2 Å². The van der Waals surface area contributed by atoms with E-state index in [1.807, 2.05) is 13.8 Å². The summed E-state index contributed by atoms with van der Waals surface area (Å²) in [6.45, 7) is 4.64. The molecule has 34 heavy (non-hydrogen) atoms. The predicted octanol–water partition coefficient (Wildman–Crippen LogP) is 0.136. The maximum atomic E-state index is 13.1. The Labute approximate surface area is 197 Å². The normalized spacial score (nSPS) is 15.1. The summed E-state index contributed by atoms with van der Waals surface area (Å²) in [5, 5.41) is 2.69. The number of esters is 1. The van der Waals surface area contributed by atoms with Crippen molar-refractivity contribution in [1.82, 2.24) is 14.9 Å². The smallest absolute Gasteiger partial charge is 0.332 e. The van der Waals surface area contributed by atoms with E-state index < -0.39 is 35.3 Å². The lowest BCUT2D eigenvalue weighted by Gasteiger charge is -2.35. The van der Waals surface area contributed by atoms with E-state index in [1.54, 1.807) is 0 Å². The molecule has 190 valence electrons. The Kier molecular flexibility index (Phi) is 9.42. The number of ether oxygens (including phenoxy) is 2. The van der Waals surface area contributed by atoms with Crippen molar-refractivity contribution in [3.63, 3.8) is 0 Å². The van der Waals surface area contributed by atoms with Crippen molar-refractivity contribution in [2.75, 3.05) is 37.5 Å². The number of hydrogen-bond donors (Lipinski definition) is 3. The molecule has 12 nitrogen and oxygen atoms in total. The topological polar surface area (TPSA) is 166 Å². The summed E-state index contributed by atoms with van der Waals surface area (Å²) in [4.78, 5) is 65.8. The molecule has 1 heterocycles. The monoisotopic (exact) mass is 481 g/mol. The molecule has 1 aromatic rings. The summed E-state index contributed by atoms with van der Waals surface area (Å²) in [5.74, 6) is -1.90. The molecule has 12 heteroatoms. The van der Waals surface area contributed by atoms with Crippen LogP contribution >= 0.6 is 0 Å². The van der Waals surface area contributed by atoms with Crippen molar-refractivity contribution in [2.24, 2.45) is 5.92 Å². The third-order valence-electron chi connectivity index (χ3n) is 5.69. The number of nitrogen functional groups attached to an aromatic ring is 1. The van der Waals surface area contributed by atoms with Crippen LogP contribution in [0.5, 0.6) is 0 Å². The van der Waals surface area contributed by atoms with Crippen LogP contribution in [0.4, 0.5) is 11.5 Å². The highest BCUT2D eigenvalue weighted by Gasteiger charge is 2.42. The van der Waals surface area contributed by atoms with Crippen molar-refractivity contribution in [1.29, 1.82) is 0 Å². The van der Waals surface area contributed by atoms with Crippen LogP contribution in [0.1, 0.15) is 52.9 Å². The lowest BCUT2D eigenvalue weighted by atomic mass is 9.81. The third-order valence-corrected chi connectivity index (χ3v) is 5.69. The van der Waals surface area contributed by atoms with Crippen LogP contribution in [-0.4, -0.2) is 59.7 Å². The van der Waals surface area contributed by atoms with E-state index in [9.17, 15) is 24.0 Å². The van der Waals surface area contributed by atoms with E-state index >= 15 is 0 Å². The van der Waals surface area contributed by atoms with Crippen LogP contribution in [0.3, 0.4) is 0 Å². The van der Waals surface area contributed by atoms with Crippen molar-refractivity contribution >= 4 is 29.3 Å². The number of carbonyl (C=O) groups excluding carboxylic acids is 3. The fourth-order valence-electron chi connectivity index (χ4n) is 4.14. The Morgan fingerprint density at radius 1 is 1.21 bits per heavy atom. The minimum Gasteiger partial charge on any atom is -0.454 e. The van der Waals surface area contributed by atoms with Crippen molar-refractivity contribution in [2.45, 2.75) is 65.0 Å². The molecule has 1 saturated carbocycles. The zero-order valence-corrected chi connectivity index (χ0v) is 20.3. The highest BCUT2D eigenvalue weighted by atomic mass is 16.5. The van der Waals surface area contributed by atoms with E-state index in [0.717, 1.165) is 24.2 Å². The van der Waals surface area contributed by atoms with Crippen molar-refractivity contribution in [3.05, 3.63) is 20.8 Å². The first-order chi connectivity index (χ1) is 16.0. The molecular weight excluding hydrogens is 446 g/mol. The van der Waals surface area contributed by atoms with Gasteiger partial charge in [0.1, 0.15) is 11.4 Å². The maximum absolute atomic E-state index is 13.1. The first-order valence-corrected chi connectivity index (χ1v) is 11.4. The largest absolute Gasteiger partial charge is 0.454 e. The van der Waals surface area contributed by atoms with Crippen LogP contribution in [0.15, 0.2) is 9.59 Å². The molecule has 1 fully saturated rings. The number of nitrogens with two attached hydrogens (primary N) is 1. The number of carbonyl (C=O) groups is 3. The SMILES string of the molecule is COCCN(C(=O)COC(=O)C1(NC(C)=O)CCCCC1)c1c(N)n(CC(C)C)c(=O)[nH]c1=O. The second-order valence-electron chi connectivity index (χ2n) is 8.94. The minimum absolute atomic E-state index is 0.0447. The summed E-state index contributed by atoms with van der Waals surface area (Å²) >= 11 is 0. The van der Waals surface area contributed by atoms with E-state index in [-0.39, 0.29) is 43.0 Å². The highest BCUT2D eigenvalue weighted by Crippen LogP contribution is 2.29. The number of aromatic nitrogens is 2. The number of methoxy groups -OCH3 is 1. The quantitative estimate of drug-likeness (QED) is 0.397. The predicted molar refractivity (Wildman–Crippen MR) is 125 cm³/mol. The van der Waals surface area contributed by atoms with Gasteiger partial charge in [0.25, 0.3) is 11.5 Å². The summed E-state index contributed by atoms with van der Waals surface area (Å²) < 4.78 is 11.6. The molecule has 0 aromatic carbocycles. The molecule has 0 atom stereocenters. The van der Waals surface area contributed by atoms with Gasteiger partial charge in [-0.2, -0.15) is 0 Å². The lowest BCUT2D eigenvalue weighted by Crippen LogP contribution is -2.56. The molecule has 0 spiro atoms. The molecule has 1 aliphatic rings. The van der Waals surface area contributed by atoms with E-state index in [0.29, 0.717) is 12.8 Å². The second kappa shape index (κ2) is 11.8. The van der Waals surface area contributed by atoms with Gasteiger partial charge in [0.15, 0.2) is 12.3 Å². The summed E-state index contributed by atoms with van der Waals surface area (Å²) in [7, 11) is 1.43. The van der Waals surface area contributed by atoms with Gasteiger partial charge in [0.2, 0.25) is 5.91 Å². The second-order valence-corrected chi connectivity index (χ2v) is 8.94. The highest BCUT2D eigenvalue weighted by molar-refractivity contribution is 5.98. The first kappa shape index (κ1) is 27.1. The molecule has 0 bridgehead atoms. The van der Waals surface area contributed by atoms with E-state index in [1.165, 1.54) is 18.6 Å². The van der Waals surface area contributed by atoms with Gasteiger partial charge < -0.3 is 20.5 Å². The molecule has 1 aromatic heterocycles. The average Bonchev–Trinajstić information content (AvgIpc) is 2.76. The van der Waals surface area contributed by atoms with Crippen LogP contribution in [0.2, 0.25) is 0 Å². The number of H-pyrrole nitrogens is 1. The lowest BCUT2D eigenvalue weighted by molar-refractivity contribution is -0.157. The number of amides is 2. The Balaban J connectivity index is 2.31. The molecule has 2 rings (SSSR count). The van der Waals surface area contributed by atoms with Gasteiger partial charge in [-0.15, -0.1) is 0 Å². The number of nitrogens with one attached hydrogen (secondary N) is 2. The number of nitrogens with zero attached hydrogens (tertiary/aromatic N) is 2.